The van der Waals surface area contributed by atoms with E-state index in [4.69, 9.17) is 4.74 Å². The van der Waals surface area contributed by atoms with Crippen LogP contribution in [0.5, 0.6) is 5.75 Å². The number of rotatable bonds is 7. The molecule has 0 aliphatic rings. The van der Waals surface area contributed by atoms with Crippen LogP contribution >= 0.6 is 0 Å². The highest BCUT2D eigenvalue weighted by Crippen LogP contribution is 2.24. The van der Waals surface area contributed by atoms with Gasteiger partial charge in [-0.1, -0.05) is 12.1 Å². The van der Waals surface area contributed by atoms with Crippen LogP contribution in [0.15, 0.2) is 55.0 Å². The molecule has 0 fully saturated rings. The lowest BCUT2D eigenvalue weighted by molar-refractivity contribution is 0.0953. The molecule has 3 aromatic rings. The maximum atomic E-state index is 12.9. The monoisotopic (exact) mass is 367 g/mol. The van der Waals surface area contributed by atoms with E-state index in [1.807, 2.05) is 23.8 Å². The van der Waals surface area contributed by atoms with E-state index in [1.54, 1.807) is 37.7 Å². The Hall–Kier alpha value is -3.15. The van der Waals surface area contributed by atoms with Gasteiger partial charge in [0.15, 0.2) is 0 Å². The standard InChI is InChI=1S/C21H22FN3O2/c1-15-13-25(14-24-15)19-10-7-17(12-20(19)27-2)21(26)23-11-3-4-16-5-8-18(22)9-6-16/h5-10,12-14H,3-4,11H2,1-2H3,(H,23,26). The fraction of sp³-hybridized carbons (Fsp3) is 0.238. The van der Waals surface area contributed by atoms with Gasteiger partial charge in [0.05, 0.1) is 24.8 Å². The van der Waals surface area contributed by atoms with Gasteiger partial charge in [-0.05, 0) is 55.7 Å². The Morgan fingerprint density at radius 2 is 2.00 bits per heavy atom. The van der Waals surface area contributed by atoms with Crippen molar-refractivity contribution in [2.45, 2.75) is 19.8 Å². The Morgan fingerprint density at radius 3 is 2.67 bits per heavy atom. The molecule has 0 saturated heterocycles. The molecule has 5 nitrogen and oxygen atoms in total. The zero-order chi connectivity index (χ0) is 19.2. The van der Waals surface area contributed by atoms with E-state index in [2.05, 4.69) is 10.3 Å². The first-order valence-corrected chi connectivity index (χ1v) is 8.78. The number of carbonyl (C=O) groups excluding carboxylic acids is 1. The van der Waals surface area contributed by atoms with Crippen molar-refractivity contribution in [2.24, 2.45) is 0 Å². The molecule has 1 amide bonds. The third-order valence-corrected chi connectivity index (χ3v) is 4.27. The number of halogens is 1. The van der Waals surface area contributed by atoms with E-state index in [0.29, 0.717) is 17.9 Å². The third kappa shape index (κ3) is 4.73. The molecule has 1 aromatic heterocycles. The van der Waals surface area contributed by atoms with Crippen molar-refractivity contribution in [1.82, 2.24) is 14.9 Å². The predicted molar refractivity (Wildman–Crippen MR) is 102 cm³/mol. The van der Waals surface area contributed by atoms with Gasteiger partial charge in [-0.15, -0.1) is 0 Å². The van der Waals surface area contributed by atoms with Gasteiger partial charge in [-0.3, -0.25) is 4.79 Å². The van der Waals surface area contributed by atoms with Gasteiger partial charge in [-0.2, -0.15) is 0 Å². The van der Waals surface area contributed by atoms with Gasteiger partial charge in [0.25, 0.3) is 5.91 Å². The Balaban J connectivity index is 1.58. The fourth-order valence-electron chi connectivity index (χ4n) is 2.83. The molecule has 140 valence electrons. The molecule has 3 rings (SSSR count). The fourth-order valence-corrected chi connectivity index (χ4v) is 2.83. The number of amides is 1. The normalized spacial score (nSPS) is 10.6. The van der Waals surface area contributed by atoms with Crippen molar-refractivity contribution < 1.29 is 13.9 Å². The number of benzene rings is 2. The maximum absolute atomic E-state index is 12.9. The Kier molecular flexibility index (Phi) is 5.86. The summed E-state index contributed by atoms with van der Waals surface area (Å²) in [4.78, 5) is 16.6. The van der Waals surface area contributed by atoms with Crippen molar-refractivity contribution >= 4 is 5.91 Å². The van der Waals surface area contributed by atoms with Crippen LogP contribution in [0.25, 0.3) is 5.69 Å². The summed E-state index contributed by atoms with van der Waals surface area (Å²) < 4.78 is 20.2. The van der Waals surface area contributed by atoms with Crippen molar-refractivity contribution in [3.8, 4) is 11.4 Å². The number of nitrogens with zero attached hydrogens (tertiary/aromatic N) is 2. The number of carbonyl (C=O) groups is 1. The minimum Gasteiger partial charge on any atom is -0.495 e. The maximum Gasteiger partial charge on any atom is 0.251 e. The molecule has 27 heavy (non-hydrogen) atoms. The molecule has 0 spiro atoms. The number of nitrogens with one attached hydrogen (secondary N) is 1. The second-order valence-electron chi connectivity index (χ2n) is 6.29. The number of aryl methyl sites for hydroxylation is 2. The summed E-state index contributed by atoms with van der Waals surface area (Å²) in [7, 11) is 1.58. The quantitative estimate of drug-likeness (QED) is 0.648. The number of hydrogen-bond acceptors (Lipinski definition) is 3. The van der Waals surface area contributed by atoms with Crippen LogP contribution in [-0.4, -0.2) is 29.1 Å². The predicted octanol–water partition coefficient (Wildman–Crippen LogP) is 3.69. The van der Waals surface area contributed by atoms with Crippen molar-refractivity contribution in [2.75, 3.05) is 13.7 Å². The summed E-state index contributed by atoms with van der Waals surface area (Å²) in [5.74, 6) is 0.211. The molecule has 0 radical (unpaired) electrons. The highest BCUT2D eigenvalue weighted by Gasteiger charge is 2.11. The van der Waals surface area contributed by atoms with Crippen LogP contribution in [-0.2, 0) is 6.42 Å². The van der Waals surface area contributed by atoms with Crippen molar-refractivity contribution in [1.29, 1.82) is 0 Å². The summed E-state index contributed by atoms with van der Waals surface area (Å²) in [5, 5.41) is 2.91. The molecule has 1 N–H and O–H groups in total. The van der Waals surface area contributed by atoms with Gasteiger partial charge in [0.2, 0.25) is 0 Å². The van der Waals surface area contributed by atoms with Crippen LogP contribution in [0.2, 0.25) is 0 Å². The number of ether oxygens (including phenoxy) is 1. The Bertz CT molecular complexity index is 919. The molecular weight excluding hydrogens is 345 g/mol. The number of aromatic nitrogens is 2. The lowest BCUT2D eigenvalue weighted by Crippen LogP contribution is -2.24. The lowest BCUT2D eigenvalue weighted by atomic mass is 10.1. The summed E-state index contributed by atoms with van der Waals surface area (Å²) >= 11 is 0. The van der Waals surface area contributed by atoms with Crippen LogP contribution in [0.1, 0.15) is 28.0 Å². The third-order valence-electron chi connectivity index (χ3n) is 4.27. The van der Waals surface area contributed by atoms with Gasteiger partial charge in [0, 0.05) is 18.3 Å². The highest BCUT2D eigenvalue weighted by atomic mass is 19.1. The first kappa shape index (κ1) is 18.6. The van der Waals surface area contributed by atoms with Gasteiger partial charge in [0.1, 0.15) is 11.6 Å². The highest BCUT2D eigenvalue weighted by molar-refractivity contribution is 5.95. The molecule has 6 heteroatoms. The molecule has 0 unspecified atom stereocenters. The van der Waals surface area contributed by atoms with E-state index in [-0.39, 0.29) is 11.7 Å². The smallest absolute Gasteiger partial charge is 0.251 e. The van der Waals surface area contributed by atoms with E-state index >= 15 is 0 Å². The van der Waals surface area contributed by atoms with E-state index in [0.717, 1.165) is 29.8 Å². The zero-order valence-electron chi connectivity index (χ0n) is 15.4. The number of imidazole rings is 1. The molecule has 1 heterocycles. The summed E-state index contributed by atoms with van der Waals surface area (Å²) in [6, 6.07) is 11.7. The van der Waals surface area contributed by atoms with Crippen LogP contribution in [0, 0.1) is 12.7 Å². The van der Waals surface area contributed by atoms with E-state index in [9.17, 15) is 9.18 Å². The van der Waals surface area contributed by atoms with E-state index < -0.39 is 0 Å². The minimum absolute atomic E-state index is 0.152. The largest absolute Gasteiger partial charge is 0.495 e. The van der Waals surface area contributed by atoms with E-state index in [1.165, 1.54) is 12.1 Å². The average molecular weight is 367 g/mol. The van der Waals surface area contributed by atoms with Crippen LogP contribution in [0.4, 0.5) is 4.39 Å². The van der Waals surface area contributed by atoms with Gasteiger partial charge < -0.3 is 14.6 Å². The van der Waals surface area contributed by atoms with Gasteiger partial charge in [-0.25, -0.2) is 9.37 Å². The lowest BCUT2D eigenvalue weighted by Gasteiger charge is -2.11. The molecule has 0 aliphatic carbocycles. The first-order valence-electron chi connectivity index (χ1n) is 8.78. The van der Waals surface area contributed by atoms with Gasteiger partial charge >= 0.3 is 0 Å². The molecule has 0 aliphatic heterocycles. The van der Waals surface area contributed by atoms with Crippen LogP contribution < -0.4 is 10.1 Å². The Morgan fingerprint density at radius 1 is 1.22 bits per heavy atom. The zero-order valence-corrected chi connectivity index (χ0v) is 15.4. The molecule has 0 atom stereocenters. The second-order valence-corrected chi connectivity index (χ2v) is 6.29. The first-order chi connectivity index (χ1) is 13.1. The summed E-state index contributed by atoms with van der Waals surface area (Å²) in [6.45, 7) is 2.46. The minimum atomic E-state index is -0.240. The summed E-state index contributed by atoms with van der Waals surface area (Å²) in [6.07, 6.45) is 5.17. The summed E-state index contributed by atoms with van der Waals surface area (Å²) in [5.41, 5.74) is 3.31. The molecule has 0 bridgehead atoms. The molecular formula is C21H22FN3O2. The molecule has 0 saturated carbocycles. The number of methoxy groups -OCH3 is 1. The van der Waals surface area contributed by atoms with Crippen molar-refractivity contribution in [3.05, 3.63) is 77.6 Å². The molecule has 2 aromatic carbocycles. The SMILES string of the molecule is COc1cc(C(=O)NCCCc2ccc(F)cc2)ccc1-n1cnc(C)c1. The topological polar surface area (TPSA) is 56.1 Å². The number of hydrogen-bond donors (Lipinski definition) is 1. The van der Waals surface area contributed by atoms with Crippen molar-refractivity contribution in [3.63, 3.8) is 0 Å². The van der Waals surface area contributed by atoms with Crippen LogP contribution in [0.3, 0.4) is 0 Å². The Labute approximate surface area is 157 Å². The second kappa shape index (κ2) is 8.49. The average Bonchev–Trinajstić information content (AvgIpc) is 3.12.